The van der Waals surface area contributed by atoms with E-state index in [1.54, 1.807) is 0 Å². The minimum atomic E-state index is -0.901. The Hall–Kier alpha value is -3.25. The summed E-state index contributed by atoms with van der Waals surface area (Å²) in [5.41, 5.74) is 2.38. The first-order valence-corrected chi connectivity index (χ1v) is 9.73. The van der Waals surface area contributed by atoms with Gasteiger partial charge in [-0.2, -0.15) is 10.5 Å². The van der Waals surface area contributed by atoms with Crippen LogP contribution >= 0.6 is 0 Å². The van der Waals surface area contributed by atoms with E-state index in [4.69, 9.17) is 0 Å². The summed E-state index contributed by atoms with van der Waals surface area (Å²) in [6.07, 6.45) is 1.41. The van der Waals surface area contributed by atoms with Gasteiger partial charge in [0.05, 0.1) is 16.8 Å². The third-order valence-electron chi connectivity index (χ3n) is 7.35. The van der Waals surface area contributed by atoms with Gasteiger partial charge in [-0.3, -0.25) is 4.79 Å². The highest BCUT2D eigenvalue weighted by Gasteiger charge is 2.73. The van der Waals surface area contributed by atoms with E-state index in [1.165, 1.54) is 0 Å². The second-order valence-corrected chi connectivity index (χ2v) is 9.03. The number of hydrogen-bond acceptors (Lipinski definition) is 5. The van der Waals surface area contributed by atoms with Crippen LogP contribution in [0.15, 0.2) is 18.2 Å². The summed E-state index contributed by atoms with van der Waals surface area (Å²) in [4.78, 5) is 22.8. The van der Waals surface area contributed by atoms with Gasteiger partial charge in [0.15, 0.2) is 11.4 Å². The maximum atomic E-state index is 13.8. The number of nitriles is 2. The molecule has 2 unspecified atom stereocenters. The number of fused-ring (bicyclic) bond motifs is 5. The molecule has 6 nitrogen and oxygen atoms in total. The van der Waals surface area contributed by atoms with E-state index in [2.05, 4.69) is 42.1 Å². The van der Waals surface area contributed by atoms with Crippen LogP contribution in [-0.4, -0.2) is 15.9 Å². The van der Waals surface area contributed by atoms with Gasteiger partial charge in [0.2, 0.25) is 5.91 Å². The van der Waals surface area contributed by atoms with Gasteiger partial charge in [-0.15, -0.1) is 0 Å². The van der Waals surface area contributed by atoms with E-state index in [-0.39, 0.29) is 17.3 Å². The second kappa shape index (κ2) is 5.87. The van der Waals surface area contributed by atoms with Gasteiger partial charge < -0.3 is 5.32 Å². The summed E-state index contributed by atoms with van der Waals surface area (Å²) in [6, 6.07) is 9.90. The van der Waals surface area contributed by atoms with Crippen molar-refractivity contribution in [1.29, 1.82) is 10.5 Å². The highest BCUT2D eigenvalue weighted by molar-refractivity contribution is 6.01. The van der Waals surface area contributed by atoms with Crippen molar-refractivity contribution in [1.82, 2.24) is 9.97 Å². The summed E-state index contributed by atoms with van der Waals surface area (Å²) < 4.78 is 0. The SMILES string of the molecule is Cc1cc(C)cc(NC(=O)C23CCC(C)(c4nc(C#N)c(C#N)nc42)C3(C)C)c1. The molecule has 6 heteroatoms. The number of nitrogens with one attached hydrogen (secondary N) is 1. The Balaban J connectivity index is 1.90. The Morgan fingerprint density at radius 3 is 2.07 bits per heavy atom. The monoisotopic (exact) mass is 385 g/mol. The van der Waals surface area contributed by atoms with Crippen molar-refractivity contribution in [2.24, 2.45) is 5.41 Å². The molecule has 2 aliphatic rings. The summed E-state index contributed by atoms with van der Waals surface area (Å²) in [5.74, 6) is -0.127. The number of nitrogens with zero attached hydrogens (tertiary/aromatic N) is 4. The van der Waals surface area contributed by atoms with E-state index < -0.39 is 16.2 Å². The number of carbonyl (C=O) groups excluding carboxylic acids is 1. The van der Waals surface area contributed by atoms with E-state index in [0.29, 0.717) is 17.8 Å². The lowest BCUT2D eigenvalue weighted by Gasteiger charge is -2.39. The average molecular weight is 385 g/mol. The zero-order valence-electron chi connectivity index (χ0n) is 17.3. The van der Waals surface area contributed by atoms with Crippen LogP contribution in [0.3, 0.4) is 0 Å². The molecule has 29 heavy (non-hydrogen) atoms. The molecule has 2 atom stereocenters. The predicted molar refractivity (Wildman–Crippen MR) is 108 cm³/mol. The van der Waals surface area contributed by atoms with Gasteiger partial charge in [0.25, 0.3) is 0 Å². The standard InChI is InChI=1S/C23H23N5O/c1-13-8-14(2)10-15(9-13)26-20(29)23-7-6-22(5,21(23,3)4)18-19(23)28-17(12-25)16(11-24)27-18/h8-10H,6-7H2,1-5H3,(H,26,29). The lowest BCUT2D eigenvalue weighted by Crippen LogP contribution is -2.48. The Morgan fingerprint density at radius 1 is 0.966 bits per heavy atom. The van der Waals surface area contributed by atoms with Crippen LogP contribution in [0.2, 0.25) is 0 Å². The minimum Gasteiger partial charge on any atom is -0.325 e. The lowest BCUT2D eigenvalue weighted by molar-refractivity contribution is -0.125. The van der Waals surface area contributed by atoms with Crippen molar-refractivity contribution < 1.29 is 4.79 Å². The number of carbonyl (C=O) groups is 1. The summed E-state index contributed by atoms with van der Waals surface area (Å²) in [7, 11) is 0. The fourth-order valence-electron chi connectivity index (χ4n) is 5.43. The largest absolute Gasteiger partial charge is 0.325 e. The van der Waals surface area contributed by atoms with Crippen LogP contribution < -0.4 is 5.32 Å². The molecule has 1 aromatic heterocycles. The Labute approximate surface area is 170 Å². The molecule has 2 aliphatic carbocycles. The number of benzene rings is 1. The van der Waals surface area contributed by atoms with Gasteiger partial charge in [0.1, 0.15) is 12.1 Å². The van der Waals surface area contributed by atoms with Gasteiger partial charge in [-0.05, 0) is 55.4 Å². The van der Waals surface area contributed by atoms with E-state index in [9.17, 15) is 15.3 Å². The average Bonchev–Trinajstić information content (AvgIpc) is 2.95. The highest BCUT2D eigenvalue weighted by Crippen LogP contribution is 2.70. The smallest absolute Gasteiger partial charge is 0.237 e. The van der Waals surface area contributed by atoms with Gasteiger partial charge in [0, 0.05) is 11.1 Å². The van der Waals surface area contributed by atoms with Gasteiger partial charge in [-0.1, -0.05) is 26.8 Å². The quantitative estimate of drug-likeness (QED) is 0.847. The van der Waals surface area contributed by atoms with Crippen molar-refractivity contribution >= 4 is 11.6 Å². The summed E-state index contributed by atoms with van der Waals surface area (Å²) >= 11 is 0. The Bertz CT molecular complexity index is 1130. The van der Waals surface area contributed by atoms with Crippen LogP contribution in [0, 0.1) is 41.9 Å². The number of aromatic nitrogens is 2. The zero-order chi connectivity index (χ0) is 21.2. The molecule has 1 amide bonds. The third-order valence-corrected chi connectivity index (χ3v) is 7.35. The van der Waals surface area contributed by atoms with Crippen molar-refractivity contribution in [2.75, 3.05) is 5.32 Å². The van der Waals surface area contributed by atoms with Crippen molar-refractivity contribution in [2.45, 2.75) is 58.3 Å². The molecular formula is C23H23N5O. The molecule has 2 bridgehead atoms. The molecule has 0 spiro atoms. The first kappa shape index (κ1) is 19.1. The molecule has 1 fully saturated rings. The second-order valence-electron chi connectivity index (χ2n) is 9.03. The Morgan fingerprint density at radius 2 is 1.52 bits per heavy atom. The normalized spacial score (nSPS) is 25.8. The number of anilines is 1. The summed E-state index contributed by atoms with van der Waals surface area (Å²) in [5, 5.41) is 22.0. The predicted octanol–water partition coefficient (Wildman–Crippen LogP) is 3.80. The molecule has 1 N–H and O–H groups in total. The molecule has 2 aromatic rings. The maximum absolute atomic E-state index is 13.8. The highest BCUT2D eigenvalue weighted by atomic mass is 16.2. The molecule has 1 saturated carbocycles. The molecule has 0 aliphatic heterocycles. The first-order chi connectivity index (χ1) is 13.6. The van der Waals surface area contributed by atoms with Crippen molar-refractivity contribution in [3.05, 3.63) is 52.1 Å². The van der Waals surface area contributed by atoms with Crippen molar-refractivity contribution in [3.8, 4) is 12.1 Å². The van der Waals surface area contributed by atoms with Gasteiger partial charge in [-0.25, -0.2) is 9.97 Å². The van der Waals surface area contributed by atoms with E-state index in [1.807, 2.05) is 38.1 Å². The van der Waals surface area contributed by atoms with E-state index >= 15 is 0 Å². The van der Waals surface area contributed by atoms with Crippen LogP contribution in [0.4, 0.5) is 5.69 Å². The molecule has 0 saturated heterocycles. The third kappa shape index (κ3) is 2.23. The fourth-order valence-corrected chi connectivity index (χ4v) is 5.43. The molecule has 1 aromatic carbocycles. The minimum absolute atomic E-state index is 0.0169. The van der Waals surface area contributed by atoms with Crippen molar-refractivity contribution in [3.63, 3.8) is 0 Å². The summed E-state index contributed by atoms with van der Waals surface area (Å²) in [6.45, 7) is 10.2. The molecular weight excluding hydrogens is 362 g/mol. The van der Waals surface area contributed by atoms with Gasteiger partial charge >= 0.3 is 0 Å². The number of amides is 1. The topological polar surface area (TPSA) is 102 Å². The zero-order valence-corrected chi connectivity index (χ0v) is 17.3. The van der Waals surface area contributed by atoms with Crippen LogP contribution in [0.5, 0.6) is 0 Å². The fraction of sp³-hybridized carbons (Fsp3) is 0.435. The molecule has 0 radical (unpaired) electrons. The molecule has 1 heterocycles. The lowest BCUT2D eigenvalue weighted by atomic mass is 9.63. The van der Waals surface area contributed by atoms with Crippen LogP contribution in [0.1, 0.15) is 67.5 Å². The maximum Gasteiger partial charge on any atom is 0.237 e. The van der Waals surface area contributed by atoms with E-state index in [0.717, 1.165) is 23.2 Å². The molecule has 146 valence electrons. The number of aryl methyl sites for hydroxylation is 2. The first-order valence-electron chi connectivity index (χ1n) is 9.73. The number of hydrogen-bond donors (Lipinski definition) is 1. The van der Waals surface area contributed by atoms with Crippen LogP contribution in [0.25, 0.3) is 0 Å². The molecule has 4 rings (SSSR count). The Kier molecular flexibility index (Phi) is 3.87. The number of rotatable bonds is 2. The van der Waals surface area contributed by atoms with Crippen LogP contribution in [-0.2, 0) is 15.6 Å².